The fourth-order valence-electron chi connectivity index (χ4n) is 14.1. The molecule has 7 aliphatic rings. The van der Waals surface area contributed by atoms with Crippen LogP contribution in [0.3, 0.4) is 0 Å². The van der Waals surface area contributed by atoms with Gasteiger partial charge in [0.2, 0.25) is 0 Å². The molecular formula is C39H67NO6. The second kappa shape index (κ2) is 11.9. The van der Waals surface area contributed by atoms with E-state index in [1.165, 1.54) is 44.9 Å². The molecule has 0 radical (unpaired) electrons. The summed E-state index contributed by atoms with van der Waals surface area (Å²) in [5, 5.41) is 11.0. The average Bonchev–Trinajstić information content (AvgIpc) is 3.38. The van der Waals surface area contributed by atoms with Crippen molar-refractivity contribution in [2.45, 2.75) is 156 Å². The molecule has 0 aromatic carbocycles. The van der Waals surface area contributed by atoms with Gasteiger partial charge in [0, 0.05) is 32.8 Å². The minimum absolute atomic E-state index is 0.0136. The van der Waals surface area contributed by atoms with Crippen LogP contribution in [0.25, 0.3) is 0 Å². The van der Waals surface area contributed by atoms with Gasteiger partial charge in [-0.2, -0.15) is 0 Å². The Labute approximate surface area is 280 Å². The van der Waals surface area contributed by atoms with Gasteiger partial charge in [0.05, 0.1) is 37.1 Å². The molecular weight excluding hydrogens is 578 g/mol. The Hall–Kier alpha value is -0.280. The van der Waals surface area contributed by atoms with Crippen LogP contribution in [0.1, 0.15) is 113 Å². The summed E-state index contributed by atoms with van der Waals surface area (Å²) in [6, 6.07) is 0.380. The lowest BCUT2D eigenvalue weighted by atomic mass is 9.46. The van der Waals surface area contributed by atoms with Crippen molar-refractivity contribution < 1.29 is 28.8 Å². The first-order valence-electron chi connectivity index (χ1n) is 19.2. The van der Waals surface area contributed by atoms with Crippen LogP contribution in [0.2, 0.25) is 0 Å². The van der Waals surface area contributed by atoms with E-state index in [9.17, 15) is 5.11 Å². The maximum atomic E-state index is 11.0. The highest BCUT2D eigenvalue weighted by molar-refractivity contribution is 5.32. The van der Waals surface area contributed by atoms with E-state index in [4.69, 9.17) is 23.7 Å². The zero-order valence-electron chi connectivity index (χ0n) is 30.7. The lowest BCUT2D eigenvalue weighted by Crippen LogP contribution is -2.56. The predicted octanol–water partition coefficient (Wildman–Crippen LogP) is 6.69. The quantitative estimate of drug-likeness (QED) is 0.300. The van der Waals surface area contributed by atoms with Crippen molar-refractivity contribution in [1.29, 1.82) is 0 Å². The molecule has 46 heavy (non-hydrogen) atoms. The van der Waals surface area contributed by atoms with Gasteiger partial charge >= 0.3 is 0 Å². The third kappa shape index (κ3) is 4.89. The second-order valence-electron chi connectivity index (χ2n) is 18.4. The summed E-state index contributed by atoms with van der Waals surface area (Å²) in [5.41, 5.74) is 0.561. The standard InChI is InChI=1S/C39H67NO6/c1-10-43-34(36(6,7)41)29-13-11-27-30(45-29)21-28-26-12-14-31-35(4,5)32(46-33-22-40(19-20-44-33)24(2)23-42-9)15-16-39(31)25(3)38(26,39)18-17-37(27,28)8/h24-34,41H,10-23H2,1-9H3/t24?,25-,26?,27?,28?,29?,30?,31?,32?,33?,34?,37?,38?,39?/m0/s1. The highest BCUT2D eigenvalue weighted by atomic mass is 16.7. The molecule has 0 amide bonds. The number of rotatable bonds is 9. The molecule has 0 aromatic rings. The van der Waals surface area contributed by atoms with E-state index in [-0.39, 0.29) is 30.0 Å². The van der Waals surface area contributed by atoms with Gasteiger partial charge in [-0.05, 0) is 137 Å². The first-order valence-corrected chi connectivity index (χ1v) is 19.2. The summed E-state index contributed by atoms with van der Waals surface area (Å²) in [7, 11) is 1.79. The monoisotopic (exact) mass is 645 g/mol. The molecule has 0 aromatic heterocycles. The van der Waals surface area contributed by atoms with Crippen LogP contribution < -0.4 is 0 Å². The van der Waals surface area contributed by atoms with Gasteiger partial charge in [-0.25, -0.2) is 0 Å². The third-order valence-corrected chi connectivity index (χ3v) is 16.0. The van der Waals surface area contributed by atoms with Gasteiger partial charge < -0.3 is 28.8 Å². The van der Waals surface area contributed by atoms with E-state index >= 15 is 0 Å². The Morgan fingerprint density at radius 3 is 2.46 bits per heavy atom. The minimum atomic E-state index is -0.901. The van der Waals surface area contributed by atoms with Gasteiger partial charge in [-0.3, -0.25) is 4.90 Å². The molecule has 7 fully saturated rings. The fraction of sp³-hybridized carbons (Fsp3) is 1.00. The minimum Gasteiger partial charge on any atom is -0.388 e. The zero-order chi connectivity index (χ0) is 32.9. The third-order valence-electron chi connectivity index (χ3n) is 16.0. The van der Waals surface area contributed by atoms with Crippen molar-refractivity contribution in [2.75, 3.05) is 40.0 Å². The lowest BCUT2D eigenvalue weighted by molar-refractivity contribution is -0.248. The van der Waals surface area contributed by atoms with E-state index in [1.54, 1.807) is 7.11 Å². The largest absolute Gasteiger partial charge is 0.388 e. The summed E-state index contributed by atoms with van der Waals surface area (Å²) in [6.07, 6.45) is 11.5. The summed E-state index contributed by atoms with van der Waals surface area (Å²) in [6.45, 7) is 22.3. The molecule has 7 heteroatoms. The van der Waals surface area contributed by atoms with E-state index in [0.29, 0.717) is 46.8 Å². The normalized spacial score (nSPS) is 49.6. The first-order chi connectivity index (χ1) is 21.8. The average molecular weight is 646 g/mol. The highest BCUT2D eigenvalue weighted by Crippen LogP contribution is 2.89. The lowest BCUT2D eigenvalue weighted by Gasteiger charge is -2.60. The second-order valence-corrected chi connectivity index (χ2v) is 18.4. The summed E-state index contributed by atoms with van der Waals surface area (Å²) < 4.78 is 31.8. The molecule has 5 aliphatic carbocycles. The van der Waals surface area contributed by atoms with Crippen molar-refractivity contribution in [3.05, 3.63) is 0 Å². The van der Waals surface area contributed by atoms with Crippen molar-refractivity contribution in [2.24, 2.45) is 51.2 Å². The van der Waals surface area contributed by atoms with Crippen molar-refractivity contribution in [1.82, 2.24) is 4.90 Å². The molecule has 14 atom stereocenters. The Bertz CT molecular complexity index is 1110. The van der Waals surface area contributed by atoms with E-state index in [0.717, 1.165) is 56.9 Å². The van der Waals surface area contributed by atoms with Crippen LogP contribution in [0, 0.1) is 51.2 Å². The van der Waals surface area contributed by atoms with Crippen LogP contribution >= 0.6 is 0 Å². The number of hydrogen-bond donors (Lipinski definition) is 1. The van der Waals surface area contributed by atoms with Crippen molar-refractivity contribution >= 4 is 0 Å². The SMILES string of the molecule is CCOC(C1CCC2C(CC3C4CCC5C(C)(C)C(OC6CN(C(C)COC)CCO6)CCC56[C@@H](C)C46CCC23C)O1)C(C)(C)O. The molecule has 2 spiro atoms. The maximum Gasteiger partial charge on any atom is 0.170 e. The molecule has 2 saturated heterocycles. The number of morpholine rings is 1. The van der Waals surface area contributed by atoms with E-state index < -0.39 is 5.60 Å². The van der Waals surface area contributed by atoms with Gasteiger partial charge in [0.1, 0.15) is 6.10 Å². The Morgan fingerprint density at radius 2 is 1.74 bits per heavy atom. The first kappa shape index (κ1) is 34.2. The summed E-state index contributed by atoms with van der Waals surface area (Å²) in [4.78, 5) is 2.48. The highest BCUT2D eigenvalue weighted by Gasteiger charge is 2.84. The van der Waals surface area contributed by atoms with Crippen molar-refractivity contribution in [3.8, 4) is 0 Å². The topological polar surface area (TPSA) is 69.6 Å². The number of hydrogen-bond acceptors (Lipinski definition) is 7. The Balaban J connectivity index is 1.07. The van der Waals surface area contributed by atoms with E-state index in [2.05, 4.69) is 39.5 Å². The number of methoxy groups -OCH3 is 1. The number of ether oxygens (including phenoxy) is 5. The van der Waals surface area contributed by atoms with Crippen LogP contribution in [0.15, 0.2) is 0 Å². The number of aliphatic hydroxyl groups is 1. The Kier molecular flexibility index (Phi) is 8.85. The zero-order valence-corrected chi connectivity index (χ0v) is 30.7. The molecule has 2 heterocycles. The molecule has 2 aliphatic heterocycles. The molecule has 0 bridgehead atoms. The fourth-order valence-corrected chi connectivity index (χ4v) is 14.1. The summed E-state index contributed by atoms with van der Waals surface area (Å²) in [5.74, 6) is 3.71. The number of fused-ring (bicyclic) bond motifs is 4. The van der Waals surface area contributed by atoms with Gasteiger partial charge in [0.25, 0.3) is 0 Å². The Morgan fingerprint density at radius 1 is 0.978 bits per heavy atom. The van der Waals surface area contributed by atoms with Crippen LogP contribution in [-0.2, 0) is 23.7 Å². The smallest absolute Gasteiger partial charge is 0.170 e. The molecule has 13 unspecified atom stereocenters. The molecule has 264 valence electrons. The molecule has 7 nitrogen and oxygen atoms in total. The van der Waals surface area contributed by atoms with Crippen LogP contribution in [0.5, 0.6) is 0 Å². The maximum absolute atomic E-state index is 11.0. The van der Waals surface area contributed by atoms with E-state index in [1.807, 2.05) is 20.8 Å². The van der Waals surface area contributed by atoms with Gasteiger partial charge in [0.15, 0.2) is 6.29 Å². The van der Waals surface area contributed by atoms with Crippen molar-refractivity contribution in [3.63, 3.8) is 0 Å². The van der Waals surface area contributed by atoms with Crippen LogP contribution in [0.4, 0.5) is 0 Å². The number of nitrogens with zero attached hydrogens (tertiary/aromatic N) is 1. The van der Waals surface area contributed by atoms with Gasteiger partial charge in [-0.15, -0.1) is 0 Å². The molecule has 1 N–H and O–H groups in total. The molecule has 5 saturated carbocycles. The predicted molar refractivity (Wildman–Crippen MR) is 179 cm³/mol. The summed E-state index contributed by atoms with van der Waals surface area (Å²) >= 11 is 0. The van der Waals surface area contributed by atoms with Crippen LogP contribution in [-0.4, -0.2) is 92.4 Å². The van der Waals surface area contributed by atoms with Gasteiger partial charge in [-0.1, -0.05) is 27.7 Å². The molecule has 7 rings (SSSR count).